The summed E-state index contributed by atoms with van der Waals surface area (Å²) in [5, 5.41) is 0. The zero-order chi connectivity index (χ0) is 11.9. The van der Waals surface area contributed by atoms with E-state index in [4.69, 9.17) is 9.47 Å². The Hall–Kier alpha value is -1.06. The van der Waals surface area contributed by atoms with Crippen molar-refractivity contribution in [3.63, 3.8) is 0 Å². The van der Waals surface area contributed by atoms with Crippen LogP contribution >= 0.6 is 0 Å². The monoisotopic (exact) mass is 216 g/mol. The molecule has 0 heterocycles. The lowest BCUT2D eigenvalue weighted by atomic mass is 9.79. The third-order valence-electron chi connectivity index (χ3n) is 2.51. The summed E-state index contributed by atoms with van der Waals surface area (Å²) in [4.78, 5) is 23.4. The van der Waals surface area contributed by atoms with Crippen LogP contribution in [0.2, 0.25) is 0 Å². The molecule has 0 fully saturated rings. The summed E-state index contributed by atoms with van der Waals surface area (Å²) in [7, 11) is 2.59. The molecule has 15 heavy (non-hydrogen) atoms. The number of esters is 2. The van der Waals surface area contributed by atoms with Crippen LogP contribution in [0.1, 0.15) is 39.5 Å². The van der Waals surface area contributed by atoms with Crippen molar-refractivity contribution >= 4 is 11.9 Å². The highest BCUT2D eigenvalue weighted by molar-refractivity contribution is 5.99. The Bertz CT molecular complexity index is 199. The molecule has 0 saturated heterocycles. The standard InChI is InChI=1S/C11H20O4/c1-5-7-11(8-6-2,9(12)14-3)10(13)15-4/h5-8H2,1-4H3. The minimum atomic E-state index is -1.10. The molecule has 0 amide bonds. The first-order chi connectivity index (χ1) is 7.08. The van der Waals surface area contributed by atoms with Crippen molar-refractivity contribution in [2.45, 2.75) is 39.5 Å². The Morgan fingerprint density at radius 1 is 0.933 bits per heavy atom. The van der Waals surface area contributed by atoms with Crippen LogP contribution in [0.3, 0.4) is 0 Å². The Morgan fingerprint density at radius 2 is 1.27 bits per heavy atom. The fraction of sp³-hybridized carbons (Fsp3) is 0.818. The van der Waals surface area contributed by atoms with Crippen LogP contribution in [0.4, 0.5) is 0 Å². The zero-order valence-electron chi connectivity index (χ0n) is 9.96. The van der Waals surface area contributed by atoms with E-state index in [0.29, 0.717) is 12.8 Å². The minimum Gasteiger partial charge on any atom is -0.468 e. The lowest BCUT2D eigenvalue weighted by Gasteiger charge is -2.27. The van der Waals surface area contributed by atoms with Gasteiger partial charge in [-0.1, -0.05) is 26.7 Å². The van der Waals surface area contributed by atoms with Gasteiger partial charge in [-0.15, -0.1) is 0 Å². The van der Waals surface area contributed by atoms with Gasteiger partial charge in [0, 0.05) is 0 Å². The average Bonchev–Trinajstić information content (AvgIpc) is 2.26. The molecule has 0 N–H and O–H groups in total. The quantitative estimate of drug-likeness (QED) is 0.503. The van der Waals surface area contributed by atoms with Crippen molar-refractivity contribution in [3.05, 3.63) is 0 Å². The third kappa shape index (κ3) is 2.94. The molecular formula is C11H20O4. The first kappa shape index (κ1) is 13.9. The largest absolute Gasteiger partial charge is 0.468 e. The number of carbonyl (C=O) groups is 2. The molecule has 0 rings (SSSR count). The van der Waals surface area contributed by atoms with Crippen molar-refractivity contribution in [2.75, 3.05) is 14.2 Å². The molecule has 4 nitrogen and oxygen atoms in total. The van der Waals surface area contributed by atoms with E-state index >= 15 is 0 Å². The van der Waals surface area contributed by atoms with E-state index in [2.05, 4.69) is 0 Å². The van der Waals surface area contributed by atoms with E-state index in [1.165, 1.54) is 14.2 Å². The highest BCUT2D eigenvalue weighted by Crippen LogP contribution is 2.32. The van der Waals surface area contributed by atoms with Gasteiger partial charge in [-0.2, -0.15) is 0 Å². The van der Waals surface area contributed by atoms with Gasteiger partial charge in [-0.05, 0) is 12.8 Å². The molecular weight excluding hydrogens is 196 g/mol. The van der Waals surface area contributed by atoms with Crippen molar-refractivity contribution in [1.29, 1.82) is 0 Å². The van der Waals surface area contributed by atoms with Crippen LogP contribution in [0.25, 0.3) is 0 Å². The normalized spacial score (nSPS) is 10.9. The van der Waals surface area contributed by atoms with E-state index in [1.807, 2.05) is 13.8 Å². The second-order valence-corrected chi connectivity index (χ2v) is 3.57. The van der Waals surface area contributed by atoms with Crippen LogP contribution in [-0.2, 0) is 19.1 Å². The van der Waals surface area contributed by atoms with Crippen molar-refractivity contribution in [2.24, 2.45) is 5.41 Å². The van der Waals surface area contributed by atoms with Crippen molar-refractivity contribution in [1.82, 2.24) is 0 Å². The molecule has 0 unspecified atom stereocenters. The Balaban J connectivity index is 5.05. The minimum absolute atomic E-state index is 0.472. The summed E-state index contributed by atoms with van der Waals surface area (Å²) in [5.74, 6) is -0.976. The molecule has 0 saturated carbocycles. The number of rotatable bonds is 6. The highest BCUT2D eigenvalue weighted by atomic mass is 16.5. The van der Waals surface area contributed by atoms with Gasteiger partial charge in [-0.25, -0.2) is 0 Å². The predicted molar refractivity (Wildman–Crippen MR) is 56.3 cm³/mol. The van der Waals surface area contributed by atoms with Crippen LogP contribution in [0, 0.1) is 5.41 Å². The molecule has 0 bridgehead atoms. The fourth-order valence-corrected chi connectivity index (χ4v) is 1.86. The van der Waals surface area contributed by atoms with E-state index in [-0.39, 0.29) is 0 Å². The Morgan fingerprint density at radius 3 is 1.47 bits per heavy atom. The second kappa shape index (κ2) is 6.43. The molecule has 0 spiro atoms. The second-order valence-electron chi connectivity index (χ2n) is 3.57. The predicted octanol–water partition coefficient (Wildman–Crippen LogP) is 1.92. The first-order valence-corrected chi connectivity index (χ1v) is 5.25. The van der Waals surface area contributed by atoms with Crippen LogP contribution in [-0.4, -0.2) is 26.2 Å². The van der Waals surface area contributed by atoms with E-state index in [0.717, 1.165) is 12.8 Å². The van der Waals surface area contributed by atoms with Gasteiger partial charge in [0.25, 0.3) is 0 Å². The van der Waals surface area contributed by atoms with Crippen LogP contribution in [0.5, 0.6) is 0 Å². The number of carbonyl (C=O) groups excluding carboxylic acids is 2. The summed E-state index contributed by atoms with van der Waals surface area (Å²) in [5.41, 5.74) is -1.10. The molecule has 0 aromatic rings. The molecule has 0 aromatic heterocycles. The summed E-state index contributed by atoms with van der Waals surface area (Å²) in [6.45, 7) is 3.85. The fourth-order valence-electron chi connectivity index (χ4n) is 1.86. The lowest BCUT2D eigenvalue weighted by molar-refractivity contribution is -0.170. The van der Waals surface area contributed by atoms with Crippen molar-refractivity contribution in [3.8, 4) is 0 Å². The van der Waals surface area contributed by atoms with Crippen LogP contribution in [0.15, 0.2) is 0 Å². The summed E-state index contributed by atoms with van der Waals surface area (Å²) < 4.78 is 9.41. The first-order valence-electron chi connectivity index (χ1n) is 5.25. The molecule has 0 aliphatic carbocycles. The molecule has 0 aliphatic heterocycles. The van der Waals surface area contributed by atoms with E-state index in [9.17, 15) is 9.59 Å². The summed E-state index contributed by atoms with van der Waals surface area (Å²) in [6, 6.07) is 0. The molecule has 0 radical (unpaired) electrons. The number of hydrogen-bond donors (Lipinski definition) is 0. The molecule has 0 aliphatic rings. The topological polar surface area (TPSA) is 52.6 Å². The maximum Gasteiger partial charge on any atom is 0.323 e. The van der Waals surface area contributed by atoms with Gasteiger partial charge < -0.3 is 9.47 Å². The Labute approximate surface area is 90.9 Å². The summed E-state index contributed by atoms with van der Waals surface area (Å²) >= 11 is 0. The zero-order valence-corrected chi connectivity index (χ0v) is 9.96. The molecule has 0 aromatic carbocycles. The van der Waals surface area contributed by atoms with Crippen LogP contribution < -0.4 is 0 Å². The smallest absolute Gasteiger partial charge is 0.323 e. The van der Waals surface area contributed by atoms with Gasteiger partial charge in [0.15, 0.2) is 5.41 Å². The lowest BCUT2D eigenvalue weighted by Crippen LogP contribution is -2.41. The van der Waals surface area contributed by atoms with Gasteiger partial charge in [0.2, 0.25) is 0 Å². The Kier molecular flexibility index (Phi) is 5.97. The highest BCUT2D eigenvalue weighted by Gasteiger charge is 2.46. The van der Waals surface area contributed by atoms with E-state index < -0.39 is 17.4 Å². The number of ether oxygens (including phenoxy) is 2. The van der Waals surface area contributed by atoms with E-state index in [1.54, 1.807) is 0 Å². The maximum absolute atomic E-state index is 11.7. The number of methoxy groups -OCH3 is 2. The average molecular weight is 216 g/mol. The van der Waals surface area contributed by atoms with Gasteiger partial charge in [0.05, 0.1) is 14.2 Å². The SMILES string of the molecule is CCCC(CCC)(C(=O)OC)C(=O)OC. The third-order valence-corrected chi connectivity index (χ3v) is 2.51. The summed E-state index contributed by atoms with van der Waals surface area (Å²) in [6.07, 6.45) is 2.43. The molecule has 4 heteroatoms. The van der Waals surface area contributed by atoms with Gasteiger partial charge in [-0.3, -0.25) is 9.59 Å². The molecule has 0 atom stereocenters. The van der Waals surface area contributed by atoms with Crippen molar-refractivity contribution < 1.29 is 19.1 Å². The molecule has 88 valence electrons. The number of hydrogen-bond acceptors (Lipinski definition) is 4. The van der Waals surface area contributed by atoms with Gasteiger partial charge >= 0.3 is 11.9 Å². The maximum atomic E-state index is 11.7. The van der Waals surface area contributed by atoms with Gasteiger partial charge in [0.1, 0.15) is 0 Å².